The van der Waals surface area contributed by atoms with E-state index in [1.807, 2.05) is 0 Å². The molecule has 0 bridgehead atoms. The van der Waals surface area contributed by atoms with E-state index < -0.39 is 25.9 Å². The molecule has 1 aromatic carbocycles. The normalized spacial score (nSPS) is 18.4. The Morgan fingerprint density at radius 2 is 2.00 bits per heavy atom. The van der Waals surface area contributed by atoms with Crippen LogP contribution in [0.25, 0.3) is 0 Å². The summed E-state index contributed by atoms with van der Waals surface area (Å²) >= 11 is 0. The Morgan fingerprint density at radius 3 is 2.52 bits per heavy atom. The van der Waals surface area contributed by atoms with E-state index in [0.29, 0.717) is 13.0 Å². The Kier molecular flexibility index (Phi) is 6.78. The van der Waals surface area contributed by atoms with Crippen molar-refractivity contribution in [3.8, 4) is 0 Å². The molecule has 1 aromatic rings. The van der Waals surface area contributed by atoms with Crippen LogP contribution in [0.1, 0.15) is 13.3 Å². The zero-order valence-electron chi connectivity index (χ0n) is 12.4. The Balaban J connectivity index is 0.00000264. The second kappa shape index (κ2) is 7.75. The molecule has 1 aliphatic heterocycles. The fraction of sp³-hybridized carbons (Fsp3) is 0.500. The fourth-order valence-electron chi connectivity index (χ4n) is 2.03. The topological polar surface area (TPSA) is 104 Å². The molecule has 1 saturated heterocycles. The van der Waals surface area contributed by atoms with E-state index in [-0.39, 0.29) is 34.8 Å². The van der Waals surface area contributed by atoms with Crippen molar-refractivity contribution in [2.75, 3.05) is 23.6 Å². The van der Waals surface area contributed by atoms with Crippen molar-refractivity contribution >= 4 is 38.1 Å². The van der Waals surface area contributed by atoms with Crippen LogP contribution in [0.2, 0.25) is 0 Å². The van der Waals surface area contributed by atoms with Crippen LogP contribution in [0.3, 0.4) is 0 Å². The van der Waals surface area contributed by atoms with Gasteiger partial charge in [-0.25, -0.2) is 25.9 Å². The third-order valence-corrected chi connectivity index (χ3v) is 6.09. The highest BCUT2D eigenvalue weighted by Gasteiger charge is 2.23. The van der Waals surface area contributed by atoms with Crippen LogP contribution in [0.5, 0.6) is 0 Å². The lowest BCUT2D eigenvalue weighted by Gasteiger charge is -2.13. The molecular formula is C12H19ClFN3O4S2. The van der Waals surface area contributed by atoms with Crippen LogP contribution >= 0.6 is 12.4 Å². The number of sulfonamides is 2. The van der Waals surface area contributed by atoms with Gasteiger partial charge >= 0.3 is 0 Å². The van der Waals surface area contributed by atoms with Gasteiger partial charge in [0.1, 0.15) is 5.82 Å². The van der Waals surface area contributed by atoms with E-state index >= 15 is 0 Å². The van der Waals surface area contributed by atoms with Crippen molar-refractivity contribution in [3.63, 3.8) is 0 Å². The third kappa shape index (κ3) is 5.28. The lowest BCUT2D eigenvalue weighted by Crippen LogP contribution is -2.36. The van der Waals surface area contributed by atoms with Crippen LogP contribution in [0, 0.1) is 5.82 Å². The van der Waals surface area contributed by atoms with Gasteiger partial charge in [-0.15, -0.1) is 12.4 Å². The van der Waals surface area contributed by atoms with Crippen LogP contribution in [0.15, 0.2) is 23.1 Å². The molecule has 0 radical (unpaired) electrons. The Hall–Kier alpha value is -0.940. The smallest absolute Gasteiger partial charge is 0.240 e. The molecular weight excluding hydrogens is 369 g/mol. The van der Waals surface area contributed by atoms with Crippen molar-refractivity contribution in [2.45, 2.75) is 24.3 Å². The monoisotopic (exact) mass is 387 g/mol. The summed E-state index contributed by atoms with van der Waals surface area (Å²) in [5, 5.41) is 3.02. The first-order valence-corrected chi connectivity index (χ1v) is 9.90. The predicted molar refractivity (Wildman–Crippen MR) is 88.3 cm³/mol. The first-order valence-electron chi connectivity index (χ1n) is 6.76. The van der Waals surface area contributed by atoms with E-state index in [9.17, 15) is 21.2 Å². The summed E-state index contributed by atoms with van der Waals surface area (Å²) in [6, 6.07) is 2.84. The summed E-state index contributed by atoms with van der Waals surface area (Å²) in [6.45, 7) is 2.66. The average molecular weight is 388 g/mol. The first-order chi connectivity index (χ1) is 10.2. The van der Waals surface area contributed by atoms with Gasteiger partial charge < -0.3 is 5.32 Å². The van der Waals surface area contributed by atoms with Crippen molar-refractivity contribution in [3.05, 3.63) is 24.0 Å². The molecule has 0 amide bonds. The highest BCUT2D eigenvalue weighted by atomic mass is 35.5. The van der Waals surface area contributed by atoms with Gasteiger partial charge in [0.15, 0.2) is 0 Å². The second-order valence-electron chi connectivity index (χ2n) is 4.96. The van der Waals surface area contributed by atoms with Crippen molar-refractivity contribution in [1.29, 1.82) is 0 Å². The van der Waals surface area contributed by atoms with E-state index in [0.717, 1.165) is 18.7 Å². The number of rotatable bonds is 6. The molecule has 11 heteroatoms. The molecule has 0 spiro atoms. The molecule has 1 unspecified atom stereocenters. The van der Waals surface area contributed by atoms with E-state index in [4.69, 9.17) is 0 Å². The highest BCUT2D eigenvalue weighted by molar-refractivity contribution is 7.92. The molecule has 132 valence electrons. The van der Waals surface area contributed by atoms with Crippen LogP contribution < -0.4 is 14.8 Å². The van der Waals surface area contributed by atoms with E-state index in [1.54, 1.807) is 0 Å². The number of halogens is 2. The van der Waals surface area contributed by atoms with Crippen molar-refractivity contribution < 1.29 is 21.2 Å². The molecule has 1 fully saturated rings. The summed E-state index contributed by atoms with van der Waals surface area (Å²) in [6.07, 6.45) is 0.663. The molecule has 1 aliphatic rings. The minimum Gasteiger partial charge on any atom is -0.315 e. The zero-order chi connectivity index (χ0) is 16.4. The molecule has 23 heavy (non-hydrogen) atoms. The van der Waals surface area contributed by atoms with Crippen molar-refractivity contribution in [2.24, 2.45) is 0 Å². The summed E-state index contributed by atoms with van der Waals surface area (Å²) in [5.74, 6) is -1.15. The average Bonchev–Trinajstić information content (AvgIpc) is 2.93. The predicted octanol–water partition coefficient (Wildman–Crippen LogP) is 0.649. The zero-order valence-corrected chi connectivity index (χ0v) is 14.8. The van der Waals surface area contributed by atoms with Gasteiger partial charge in [0.25, 0.3) is 0 Å². The first kappa shape index (κ1) is 20.1. The van der Waals surface area contributed by atoms with Gasteiger partial charge in [0.05, 0.1) is 16.3 Å². The minimum atomic E-state index is -3.84. The van der Waals surface area contributed by atoms with Crippen LogP contribution in [-0.2, 0) is 20.0 Å². The van der Waals surface area contributed by atoms with Gasteiger partial charge in [-0.05, 0) is 38.1 Å². The molecule has 0 aliphatic carbocycles. The summed E-state index contributed by atoms with van der Waals surface area (Å²) in [7, 11) is -7.46. The molecule has 7 nitrogen and oxygen atoms in total. The summed E-state index contributed by atoms with van der Waals surface area (Å²) < 4.78 is 65.6. The van der Waals surface area contributed by atoms with Crippen molar-refractivity contribution in [1.82, 2.24) is 10.0 Å². The van der Waals surface area contributed by atoms with Gasteiger partial charge in [-0.2, -0.15) is 0 Å². The number of nitrogens with one attached hydrogen (secondary N) is 3. The van der Waals surface area contributed by atoms with Gasteiger partial charge in [0.2, 0.25) is 20.0 Å². The number of hydrogen-bond acceptors (Lipinski definition) is 5. The Morgan fingerprint density at radius 1 is 1.30 bits per heavy atom. The third-order valence-electron chi connectivity index (χ3n) is 3.28. The lowest BCUT2D eigenvalue weighted by atomic mass is 10.3. The highest BCUT2D eigenvalue weighted by Crippen LogP contribution is 2.20. The maximum Gasteiger partial charge on any atom is 0.240 e. The molecule has 0 saturated carbocycles. The maximum absolute atomic E-state index is 13.9. The molecule has 2 rings (SSSR count). The number of benzene rings is 1. The fourth-order valence-corrected chi connectivity index (χ4v) is 3.96. The van der Waals surface area contributed by atoms with Gasteiger partial charge in [0, 0.05) is 12.6 Å². The summed E-state index contributed by atoms with van der Waals surface area (Å²) in [5.41, 5.74) is -0.275. The minimum absolute atomic E-state index is 0. The number of anilines is 1. The molecule has 3 N–H and O–H groups in total. The van der Waals surface area contributed by atoms with Gasteiger partial charge in [-0.1, -0.05) is 0 Å². The molecule has 0 aromatic heterocycles. The van der Waals surface area contributed by atoms with Crippen LogP contribution in [0.4, 0.5) is 10.1 Å². The second-order valence-corrected chi connectivity index (χ2v) is 8.68. The Labute approximate surface area is 141 Å². The lowest BCUT2D eigenvalue weighted by molar-refractivity contribution is 0.558. The Bertz CT molecular complexity index is 750. The van der Waals surface area contributed by atoms with Crippen LogP contribution in [-0.4, -0.2) is 41.7 Å². The SMILES string of the molecule is CCS(=O)(=O)Nc1ccc(S(=O)(=O)NC2CCNC2)cc1F.Cl. The summed E-state index contributed by atoms with van der Waals surface area (Å²) in [4.78, 5) is -0.239. The molecule has 1 heterocycles. The maximum atomic E-state index is 13.9. The van der Waals surface area contributed by atoms with E-state index in [2.05, 4.69) is 14.8 Å². The quantitative estimate of drug-likeness (QED) is 0.664. The van der Waals surface area contributed by atoms with E-state index in [1.165, 1.54) is 13.0 Å². The molecule has 1 atom stereocenters. The number of hydrogen-bond donors (Lipinski definition) is 3. The largest absolute Gasteiger partial charge is 0.315 e. The standard InChI is InChI=1S/C12H18FN3O4S2.ClH/c1-2-21(17,18)16-12-4-3-10(7-11(12)13)22(19,20)15-9-5-6-14-8-9;/h3-4,7,9,14-16H,2,5-6,8H2,1H3;1H. The van der Waals surface area contributed by atoms with Gasteiger partial charge in [-0.3, -0.25) is 4.72 Å².